The molecule has 2 unspecified atom stereocenters. The third-order valence-electron chi connectivity index (χ3n) is 2.54. The van der Waals surface area contributed by atoms with Crippen molar-refractivity contribution in [2.24, 2.45) is 0 Å². The zero-order valence-corrected chi connectivity index (χ0v) is 9.01. The second-order valence-corrected chi connectivity index (χ2v) is 3.89. The molecule has 1 saturated heterocycles. The smallest absolute Gasteiger partial charge is 0.220 e. The van der Waals surface area contributed by atoms with Crippen LogP contribution in [0.4, 0.5) is 0 Å². The quantitative estimate of drug-likeness (QED) is 0.670. The first kappa shape index (κ1) is 11.5. The number of nitrogens with one attached hydrogen (secondary N) is 2. The van der Waals surface area contributed by atoms with Gasteiger partial charge in [0, 0.05) is 38.8 Å². The Morgan fingerprint density at radius 1 is 1.71 bits per heavy atom. The molecule has 1 fully saturated rings. The molecule has 1 amide bonds. The molecule has 1 heterocycles. The van der Waals surface area contributed by atoms with E-state index >= 15 is 0 Å². The summed E-state index contributed by atoms with van der Waals surface area (Å²) in [6.07, 6.45) is 2.61. The zero-order chi connectivity index (χ0) is 10.4. The van der Waals surface area contributed by atoms with Crippen LogP contribution in [0.25, 0.3) is 0 Å². The Hall–Kier alpha value is -0.610. The van der Waals surface area contributed by atoms with E-state index in [1.165, 1.54) is 0 Å². The molecule has 1 rings (SSSR count). The van der Waals surface area contributed by atoms with E-state index in [1.54, 1.807) is 7.11 Å². The number of piperidine rings is 1. The van der Waals surface area contributed by atoms with Crippen LogP contribution in [-0.4, -0.2) is 38.3 Å². The van der Waals surface area contributed by atoms with Crippen LogP contribution < -0.4 is 10.6 Å². The molecular formula is C10H20N2O2. The van der Waals surface area contributed by atoms with E-state index in [9.17, 15) is 4.79 Å². The number of hydrogen-bond acceptors (Lipinski definition) is 3. The van der Waals surface area contributed by atoms with E-state index in [2.05, 4.69) is 17.6 Å². The average Bonchev–Trinajstić information content (AvgIpc) is 2.18. The maximum Gasteiger partial charge on any atom is 0.220 e. The maximum atomic E-state index is 10.9. The van der Waals surface area contributed by atoms with Crippen LogP contribution in [0.5, 0.6) is 0 Å². The van der Waals surface area contributed by atoms with Gasteiger partial charge < -0.3 is 15.4 Å². The monoisotopic (exact) mass is 200 g/mol. The Morgan fingerprint density at radius 2 is 2.50 bits per heavy atom. The summed E-state index contributed by atoms with van der Waals surface area (Å²) < 4.78 is 5.01. The van der Waals surface area contributed by atoms with Crippen LogP contribution in [0.1, 0.15) is 26.2 Å². The highest BCUT2D eigenvalue weighted by Gasteiger charge is 2.18. The predicted molar refractivity (Wildman–Crippen MR) is 55.1 cm³/mol. The summed E-state index contributed by atoms with van der Waals surface area (Å²) in [4.78, 5) is 10.9. The van der Waals surface area contributed by atoms with Gasteiger partial charge in [-0.05, 0) is 19.8 Å². The SMILES string of the molecule is COCCC(C)NC1CCC(=O)NC1. The van der Waals surface area contributed by atoms with Gasteiger partial charge in [0.1, 0.15) is 0 Å². The molecule has 0 aromatic heterocycles. The van der Waals surface area contributed by atoms with Gasteiger partial charge in [-0.3, -0.25) is 4.79 Å². The molecule has 0 spiro atoms. The lowest BCUT2D eigenvalue weighted by Crippen LogP contribution is -2.48. The van der Waals surface area contributed by atoms with E-state index < -0.39 is 0 Å². The summed E-state index contributed by atoms with van der Waals surface area (Å²) >= 11 is 0. The fraction of sp³-hybridized carbons (Fsp3) is 0.900. The second-order valence-electron chi connectivity index (χ2n) is 3.89. The topological polar surface area (TPSA) is 50.4 Å². The van der Waals surface area contributed by atoms with Crippen molar-refractivity contribution in [1.29, 1.82) is 0 Å². The predicted octanol–water partition coefficient (Wildman–Crippen LogP) is 0.280. The van der Waals surface area contributed by atoms with Crippen molar-refractivity contribution in [3.8, 4) is 0 Å². The van der Waals surface area contributed by atoms with Gasteiger partial charge in [0.25, 0.3) is 0 Å². The van der Waals surface area contributed by atoms with Gasteiger partial charge >= 0.3 is 0 Å². The average molecular weight is 200 g/mol. The fourth-order valence-electron chi connectivity index (χ4n) is 1.66. The molecule has 14 heavy (non-hydrogen) atoms. The maximum absolute atomic E-state index is 10.9. The van der Waals surface area contributed by atoms with E-state index in [0.29, 0.717) is 18.5 Å². The molecule has 0 aromatic carbocycles. The van der Waals surface area contributed by atoms with Gasteiger partial charge in [0.15, 0.2) is 0 Å². The van der Waals surface area contributed by atoms with Crippen LogP contribution in [0.15, 0.2) is 0 Å². The first-order valence-corrected chi connectivity index (χ1v) is 5.24. The van der Waals surface area contributed by atoms with Crippen molar-refractivity contribution in [2.75, 3.05) is 20.3 Å². The van der Waals surface area contributed by atoms with Gasteiger partial charge in [-0.15, -0.1) is 0 Å². The standard InChI is InChI=1S/C10H20N2O2/c1-8(5-6-14-2)12-9-3-4-10(13)11-7-9/h8-9,12H,3-7H2,1-2H3,(H,11,13). The number of ether oxygens (including phenoxy) is 1. The van der Waals surface area contributed by atoms with Crippen molar-refractivity contribution < 1.29 is 9.53 Å². The summed E-state index contributed by atoms with van der Waals surface area (Å²) in [5.74, 6) is 0.174. The molecular weight excluding hydrogens is 180 g/mol. The summed E-state index contributed by atoms with van der Waals surface area (Å²) in [6.45, 7) is 3.69. The molecule has 82 valence electrons. The Kier molecular flexibility index (Phi) is 4.90. The first-order chi connectivity index (χ1) is 6.72. The summed E-state index contributed by atoms with van der Waals surface area (Å²) in [5.41, 5.74) is 0. The summed E-state index contributed by atoms with van der Waals surface area (Å²) in [6, 6.07) is 0.884. The molecule has 4 nitrogen and oxygen atoms in total. The van der Waals surface area contributed by atoms with Crippen LogP contribution in [0, 0.1) is 0 Å². The molecule has 4 heteroatoms. The number of methoxy groups -OCH3 is 1. The van der Waals surface area contributed by atoms with Crippen molar-refractivity contribution in [2.45, 2.75) is 38.3 Å². The van der Waals surface area contributed by atoms with Gasteiger partial charge in [-0.2, -0.15) is 0 Å². The molecule has 2 N–H and O–H groups in total. The molecule has 2 atom stereocenters. The number of amides is 1. The second kappa shape index (κ2) is 5.98. The van der Waals surface area contributed by atoms with Crippen molar-refractivity contribution >= 4 is 5.91 Å². The number of carbonyl (C=O) groups is 1. The van der Waals surface area contributed by atoms with Crippen LogP contribution in [0.3, 0.4) is 0 Å². The molecule has 0 bridgehead atoms. The molecule has 0 aromatic rings. The van der Waals surface area contributed by atoms with E-state index in [0.717, 1.165) is 26.0 Å². The Bertz CT molecular complexity index is 175. The highest BCUT2D eigenvalue weighted by molar-refractivity contribution is 5.76. The van der Waals surface area contributed by atoms with Gasteiger partial charge in [-0.1, -0.05) is 0 Å². The molecule has 0 aliphatic carbocycles. The van der Waals surface area contributed by atoms with E-state index in [1.807, 2.05) is 0 Å². The summed E-state index contributed by atoms with van der Waals surface area (Å²) in [7, 11) is 1.72. The Balaban J connectivity index is 2.13. The number of carbonyl (C=O) groups excluding carboxylic acids is 1. The third-order valence-corrected chi connectivity index (χ3v) is 2.54. The van der Waals surface area contributed by atoms with Crippen molar-refractivity contribution in [3.63, 3.8) is 0 Å². The molecule has 1 aliphatic rings. The molecule has 0 radical (unpaired) electrons. The highest BCUT2D eigenvalue weighted by Crippen LogP contribution is 2.04. The van der Waals surface area contributed by atoms with Crippen LogP contribution in [0.2, 0.25) is 0 Å². The largest absolute Gasteiger partial charge is 0.385 e. The van der Waals surface area contributed by atoms with E-state index in [4.69, 9.17) is 4.74 Å². The first-order valence-electron chi connectivity index (χ1n) is 5.24. The van der Waals surface area contributed by atoms with Crippen molar-refractivity contribution in [1.82, 2.24) is 10.6 Å². The van der Waals surface area contributed by atoms with Gasteiger partial charge in [0.2, 0.25) is 5.91 Å². The van der Waals surface area contributed by atoms with Crippen molar-refractivity contribution in [3.05, 3.63) is 0 Å². The normalized spacial score (nSPS) is 24.4. The lowest BCUT2D eigenvalue weighted by molar-refractivity contribution is -0.122. The van der Waals surface area contributed by atoms with Gasteiger partial charge in [0.05, 0.1) is 0 Å². The Labute approximate surface area is 85.4 Å². The Morgan fingerprint density at radius 3 is 3.07 bits per heavy atom. The number of hydrogen-bond donors (Lipinski definition) is 2. The minimum Gasteiger partial charge on any atom is -0.385 e. The summed E-state index contributed by atoms with van der Waals surface area (Å²) in [5, 5.41) is 6.34. The minimum atomic E-state index is 0.174. The van der Waals surface area contributed by atoms with Crippen LogP contribution >= 0.6 is 0 Å². The minimum absolute atomic E-state index is 0.174. The lowest BCUT2D eigenvalue weighted by Gasteiger charge is -2.26. The molecule has 1 aliphatic heterocycles. The zero-order valence-electron chi connectivity index (χ0n) is 9.01. The number of rotatable bonds is 5. The van der Waals surface area contributed by atoms with E-state index in [-0.39, 0.29) is 5.91 Å². The lowest BCUT2D eigenvalue weighted by atomic mass is 10.1. The van der Waals surface area contributed by atoms with Crippen LogP contribution in [-0.2, 0) is 9.53 Å². The third kappa shape index (κ3) is 4.07. The molecule has 0 saturated carbocycles. The van der Waals surface area contributed by atoms with Gasteiger partial charge in [-0.25, -0.2) is 0 Å². The fourth-order valence-corrected chi connectivity index (χ4v) is 1.66. The highest BCUT2D eigenvalue weighted by atomic mass is 16.5.